The summed E-state index contributed by atoms with van der Waals surface area (Å²) in [5, 5.41) is 2.56. The van der Waals surface area contributed by atoms with Crippen molar-refractivity contribution in [2.24, 2.45) is 0 Å². The van der Waals surface area contributed by atoms with Crippen LogP contribution < -0.4 is 5.32 Å². The van der Waals surface area contributed by atoms with E-state index in [4.69, 9.17) is 0 Å². The van der Waals surface area contributed by atoms with Gasteiger partial charge in [-0.2, -0.15) is 13.2 Å². The van der Waals surface area contributed by atoms with Gasteiger partial charge in [-0.1, -0.05) is 39.5 Å². The van der Waals surface area contributed by atoms with E-state index >= 15 is 0 Å². The van der Waals surface area contributed by atoms with Crippen molar-refractivity contribution in [3.8, 4) is 0 Å². The Labute approximate surface area is 90.4 Å². The van der Waals surface area contributed by atoms with E-state index in [2.05, 4.69) is 12.2 Å². The zero-order chi connectivity index (χ0) is 11.7. The van der Waals surface area contributed by atoms with Crippen LogP contribution in [-0.4, -0.2) is 18.8 Å². The second-order valence-corrected chi connectivity index (χ2v) is 3.90. The summed E-state index contributed by atoms with van der Waals surface area (Å²) in [7, 11) is 0. The van der Waals surface area contributed by atoms with E-state index in [9.17, 15) is 13.2 Å². The predicted molar refractivity (Wildman–Crippen MR) is 56.9 cm³/mol. The number of hydrogen-bond donors (Lipinski definition) is 1. The molecule has 0 aromatic heterocycles. The van der Waals surface area contributed by atoms with Crippen LogP contribution in [0, 0.1) is 0 Å². The third-order valence-corrected chi connectivity index (χ3v) is 2.38. The summed E-state index contributed by atoms with van der Waals surface area (Å²) >= 11 is 0. The second kappa shape index (κ2) is 7.97. The van der Waals surface area contributed by atoms with Crippen molar-refractivity contribution in [1.29, 1.82) is 0 Å². The highest BCUT2D eigenvalue weighted by atomic mass is 19.4. The number of rotatable bonds is 8. The lowest BCUT2D eigenvalue weighted by Gasteiger charge is -2.21. The molecule has 4 heteroatoms. The first-order chi connectivity index (χ1) is 7.02. The standard InChI is InChI=1S/C11H22F3N/c1-3-5-6-7-8-10(11(12,13)14)15-9-4-2/h10,15H,3-9H2,1-2H3. The van der Waals surface area contributed by atoms with Gasteiger partial charge in [0, 0.05) is 0 Å². The first kappa shape index (κ1) is 14.8. The summed E-state index contributed by atoms with van der Waals surface area (Å²) in [6, 6.07) is -1.31. The van der Waals surface area contributed by atoms with Crippen LogP contribution in [0.3, 0.4) is 0 Å². The Morgan fingerprint density at radius 2 is 1.67 bits per heavy atom. The highest BCUT2D eigenvalue weighted by molar-refractivity contribution is 4.74. The summed E-state index contributed by atoms with van der Waals surface area (Å²) in [4.78, 5) is 0. The molecule has 15 heavy (non-hydrogen) atoms. The molecule has 0 amide bonds. The Balaban J connectivity index is 3.81. The molecule has 0 aliphatic carbocycles. The smallest absolute Gasteiger partial charge is 0.306 e. The molecule has 0 fully saturated rings. The number of unbranched alkanes of at least 4 members (excludes halogenated alkanes) is 3. The van der Waals surface area contributed by atoms with Gasteiger partial charge < -0.3 is 5.32 Å². The number of nitrogens with one attached hydrogen (secondary N) is 1. The summed E-state index contributed by atoms with van der Waals surface area (Å²) in [5.41, 5.74) is 0. The van der Waals surface area contributed by atoms with Crippen LogP contribution in [-0.2, 0) is 0 Å². The van der Waals surface area contributed by atoms with Gasteiger partial charge in [0.05, 0.1) is 0 Å². The van der Waals surface area contributed by atoms with E-state index in [-0.39, 0.29) is 6.42 Å². The second-order valence-electron chi connectivity index (χ2n) is 3.90. The lowest BCUT2D eigenvalue weighted by Crippen LogP contribution is -2.42. The van der Waals surface area contributed by atoms with E-state index < -0.39 is 12.2 Å². The summed E-state index contributed by atoms with van der Waals surface area (Å²) in [6.07, 6.45) is 0.496. The van der Waals surface area contributed by atoms with Gasteiger partial charge in [0.2, 0.25) is 0 Å². The molecule has 1 unspecified atom stereocenters. The molecule has 0 heterocycles. The SMILES string of the molecule is CCCCCCC(NCCC)C(F)(F)F. The molecular weight excluding hydrogens is 203 g/mol. The number of hydrogen-bond acceptors (Lipinski definition) is 1. The maximum atomic E-state index is 12.5. The maximum Gasteiger partial charge on any atom is 0.403 e. The molecule has 0 aliphatic rings. The quantitative estimate of drug-likeness (QED) is 0.618. The van der Waals surface area contributed by atoms with Gasteiger partial charge in [-0.3, -0.25) is 0 Å². The van der Waals surface area contributed by atoms with E-state index in [0.29, 0.717) is 13.0 Å². The van der Waals surface area contributed by atoms with Gasteiger partial charge in [0.25, 0.3) is 0 Å². The fourth-order valence-electron chi connectivity index (χ4n) is 1.48. The molecule has 0 rings (SSSR count). The Morgan fingerprint density at radius 1 is 1.00 bits per heavy atom. The van der Waals surface area contributed by atoms with Crippen molar-refractivity contribution in [3.05, 3.63) is 0 Å². The Morgan fingerprint density at radius 3 is 2.13 bits per heavy atom. The molecule has 1 atom stereocenters. The fourth-order valence-corrected chi connectivity index (χ4v) is 1.48. The lowest BCUT2D eigenvalue weighted by atomic mass is 10.1. The van der Waals surface area contributed by atoms with Gasteiger partial charge in [-0.25, -0.2) is 0 Å². The minimum absolute atomic E-state index is 0.212. The zero-order valence-corrected chi connectivity index (χ0v) is 9.66. The largest absolute Gasteiger partial charge is 0.403 e. The average Bonchev–Trinajstić information content (AvgIpc) is 2.15. The van der Waals surface area contributed by atoms with Crippen LogP contribution in [0.4, 0.5) is 13.2 Å². The highest BCUT2D eigenvalue weighted by Gasteiger charge is 2.38. The van der Waals surface area contributed by atoms with Crippen molar-refractivity contribution in [1.82, 2.24) is 5.32 Å². The predicted octanol–water partition coefficient (Wildman–Crippen LogP) is 3.89. The van der Waals surface area contributed by atoms with Gasteiger partial charge >= 0.3 is 6.18 Å². The van der Waals surface area contributed by atoms with Crippen molar-refractivity contribution in [3.63, 3.8) is 0 Å². The Bertz CT molecular complexity index is 145. The first-order valence-corrected chi connectivity index (χ1v) is 5.82. The normalized spacial score (nSPS) is 14.2. The van der Waals surface area contributed by atoms with Crippen LogP contribution in [0.1, 0.15) is 52.4 Å². The van der Waals surface area contributed by atoms with Crippen LogP contribution in [0.2, 0.25) is 0 Å². The van der Waals surface area contributed by atoms with Crippen molar-refractivity contribution < 1.29 is 13.2 Å². The van der Waals surface area contributed by atoms with Gasteiger partial charge in [-0.15, -0.1) is 0 Å². The summed E-state index contributed by atoms with van der Waals surface area (Å²) in [5.74, 6) is 0. The molecule has 0 saturated carbocycles. The van der Waals surface area contributed by atoms with Gasteiger partial charge in [0.1, 0.15) is 6.04 Å². The van der Waals surface area contributed by atoms with E-state index in [1.807, 2.05) is 6.92 Å². The van der Waals surface area contributed by atoms with Crippen LogP contribution in [0.5, 0.6) is 0 Å². The molecule has 0 bridgehead atoms. The topological polar surface area (TPSA) is 12.0 Å². The summed E-state index contributed by atoms with van der Waals surface area (Å²) < 4.78 is 37.5. The van der Waals surface area contributed by atoms with Crippen molar-refractivity contribution in [2.45, 2.75) is 64.6 Å². The molecule has 0 saturated heterocycles. The zero-order valence-electron chi connectivity index (χ0n) is 9.66. The summed E-state index contributed by atoms with van der Waals surface area (Å²) in [6.45, 7) is 4.37. The maximum absolute atomic E-state index is 12.5. The molecule has 1 N–H and O–H groups in total. The molecule has 0 aliphatic heterocycles. The highest BCUT2D eigenvalue weighted by Crippen LogP contribution is 2.24. The molecule has 0 aromatic rings. The minimum Gasteiger partial charge on any atom is -0.306 e. The van der Waals surface area contributed by atoms with Crippen molar-refractivity contribution in [2.75, 3.05) is 6.54 Å². The van der Waals surface area contributed by atoms with Gasteiger partial charge in [-0.05, 0) is 19.4 Å². The monoisotopic (exact) mass is 225 g/mol. The number of halogens is 3. The Kier molecular flexibility index (Phi) is 7.83. The molecule has 0 aromatic carbocycles. The van der Waals surface area contributed by atoms with Gasteiger partial charge in [0.15, 0.2) is 0 Å². The van der Waals surface area contributed by atoms with E-state index in [1.54, 1.807) is 0 Å². The van der Waals surface area contributed by atoms with Crippen LogP contribution in [0.25, 0.3) is 0 Å². The molecule has 0 radical (unpaired) electrons. The molecule has 92 valence electrons. The third kappa shape index (κ3) is 7.65. The first-order valence-electron chi connectivity index (χ1n) is 5.82. The van der Waals surface area contributed by atoms with Crippen LogP contribution in [0.15, 0.2) is 0 Å². The third-order valence-electron chi connectivity index (χ3n) is 2.38. The average molecular weight is 225 g/mol. The molecular formula is C11H22F3N. The molecule has 0 spiro atoms. The lowest BCUT2D eigenvalue weighted by molar-refractivity contribution is -0.157. The number of alkyl halides is 3. The Hall–Kier alpha value is -0.250. The van der Waals surface area contributed by atoms with Crippen molar-refractivity contribution >= 4 is 0 Å². The van der Waals surface area contributed by atoms with Crippen LogP contribution >= 0.6 is 0 Å². The van der Waals surface area contributed by atoms with E-state index in [1.165, 1.54) is 0 Å². The molecule has 1 nitrogen and oxygen atoms in total. The van der Waals surface area contributed by atoms with E-state index in [0.717, 1.165) is 25.7 Å². The minimum atomic E-state index is -4.10. The fraction of sp³-hybridized carbons (Fsp3) is 1.00.